The van der Waals surface area contributed by atoms with E-state index in [1.807, 2.05) is 19.1 Å². The summed E-state index contributed by atoms with van der Waals surface area (Å²) in [6, 6.07) is 3.84. The fourth-order valence-electron chi connectivity index (χ4n) is 1.66. The Bertz CT molecular complexity index is 439. The minimum atomic E-state index is 0.0946. The standard InChI is InChI=1S/C15H18O/c1-5-7-8-15-11(3)9-14(12(4)16)10-13(15)6-2/h6-10H,2,5H2,1,3-4H3/b8-7-. The normalized spacial score (nSPS) is 10.7. The van der Waals surface area contributed by atoms with Crippen LogP contribution in [0.1, 0.15) is 47.3 Å². The molecule has 0 bridgehead atoms. The van der Waals surface area contributed by atoms with Crippen molar-refractivity contribution < 1.29 is 4.79 Å². The van der Waals surface area contributed by atoms with Crippen LogP contribution in [-0.4, -0.2) is 5.78 Å². The van der Waals surface area contributed by atoms with Crippen molar-refractivity contribution in [1.29, 1.82) is 0 Å². The van der Waals surface area contributed by atoms with Gasteiger partial charge in [0.25, 0.3) is 0 Å². The Balaban J connectivity index is 3.34. The van der Waals surface area contributed by atoms with E-state index in [4.69, 9.17) is 0 Å². The molecule has 0 aliphatic carbocycles. The summed E-state index contributed by atoms with van der Waals surface area (Å²) in [5, 5.41) is 0. The van der Waals surface area contributed by atoms with Crippen molar-refractivity contribution in [1.82, 2.24) is 0 Å². The van der Waals surface area contributed by atoms with Crippen LogP contribution in [0.4, 0.5) is 0 Å². The van der Waals surface area contributed by atoms with Crippen LogP contribution in [0.15, 0.2) is 24.8 Å². The largest absolute Gasteiger partial charge is 0.295 e. The molecule has 84 valence electrons. The average molecular weight is 214 g/mol. The molecular formula is C15H18O. The Morgan fingerprint density at radius 2 is 2.12 bits per heavy atom. The minimum Gasteiger partial charge on any atom is -0.295 e. The van der Waals surface area contributed by atoms with Gasteiger partial charge in [-0.2, -0.15) is 0 Å². The fourth-order valence-corrected chi connectivity index (χ4v) is 1.66. The highest BCUT2D eigenvalue weighted by atomic mass is 16.1. The van der Waals surface area contributed by atoms with Gasteiger partial charge in [0.2, 0.25) is 0 Å². The molecule has 0 aliphatic rings. The second kappa shape index (κ2) is 5.45. The van der Waals surface area contributed by atoms with E-state index in [1.165, 1.54) is 0 Å². The zero-order valence-corrected chi connectivity index (χ0v) is 10.2. The van der Waals surface area contributed by atoms with Crippen LogP contribution in [0, 0.1) is 6.92 Å². The van der Waals surface area contributed by atoms with Crippen LogP contribution in [0.25, 0.3) is 12.2 Å². The van der Waals surface area contributed by atoms with Gasteiger partial charge in [-0.1, -0.05) is 31.7 Å². The third-order valence-electron chi connectivity index (χ3n) is 2.57. The summed E-state index contributed by atoms with van der Waals surface area (Å²) in [5.74, 6) is 0.0946. The van der Waals surface area contributed by atoms with Gasteiger partial charge in [-0.3, -0.25) is 4.79 Å². The molecule has 1 nitrogen and oxygen atoms in total. The second-order valence-electron chi connectivity index (χ2n) is 3.87. The lowest BCUT2D eigenvalue weighted by atomic mass is 9.96. The van der Waals surface area contributed by atoms with Gasteiger partial charge in [0, 0.05) is 5.56 Å². The van der Waals surface area contributed by atoms with Crippen LogP contribution in [0.5, 0.6) is 0 Å². The molecule has 0 saturated heterocycles. The molecule has 1 heteroatoms. The van der Waals surface area contributed by atoms with E-state index in [9.17, 15) is 4.79 Å². The highest BCUT2D eigenvalue weighted by Gasteiger charge is 2.06. The molecule has 0 radical (unpaired) electrons. The van der Waals surface area contributed by atoms with Gasteiger partial charge in [-0.05, 0) is 49.1 Å². The van der Waals surface area contributed by atoms with Crippen molar-refractivity contribution in [3.8, 4) is 0 Å². The first kappa shape index (κ1) is 12.4. The summed E-state index contributed by atoms with van der Waals surface area (Å²) >= 11 is 0. The molecule has 0 aromatic heterocycles. The van der Waals surface area contributed by atoms with Gasteiger partial charge >= 0.3 is 0 Å². The van der Waals surface area contributed by atoms with E-state index in [0.717, 1.165) is 28.7 Å². The van der Waals surface area contributed by atoms with Crippen LogP contribution >= 0.6 is 0 Å². The summed E-state index contributed by atoms with van der Waals surface area (Å²) in [6.45, 7) is 9.51. The predicted molar refractivity (Wildman–Crippen MR) is 70.6 cm³/mol. The summed E-state index contributed by atoms with van der Waals surface area (Å²) in [7, 11) is 0. The molecule has 0 spiro atoms. The van der Waals surface area contributed by atoms with E-state index < -0.39 is 0 Å². The number of rotatable bonds is 4. The van der Waals surface area contributed by atoms with Gasteiger partial charge in [-0.15, -0.1) is 0 Å². The maximum atomic E-state index is 11.3. The maximum absolute atomic E-state index is 11.3. The monoisotopic (exact) mass is 214 g/mol. The van der Waals surface area contributed by atoms with Gasteiger partial charge in [-0.25, -0.2) is 0 Å². The Labute approximate surface area is 97.5 Å². The van der Waals surface area contributed by atoms with Gasteiger partial charge in [0.1, 0.15) is 0 Å². The van der Waals surface area contributed by atoms with Gasteiger partial charge in [0.15, 0.2) is 5.78 Å². The van der Waals surface area contributed by atoms with Crippen molar-refractivity contribution in [3.05, 3.63) is 47.0 Å². The lowest BCUT2D eigenvalue weighted by Crippen LogP contribution is -1.96. The SMILES string of the molecule is C=Cc1cc(C(C)=O)cc(C)c1/C=C\CC. The lowest BCUT2D eigenvalue weighted by molar-refractivity contribution is 0.101. The van der Waals surface area contributed by atoms with E-state index in [0.29, 0.717) is 0 Å². The van der Waals surface area contributed by atoms with E-state index in [-0.39, 0.29) is 5.78 Å². The Kier molecular flexibility index (Phi) is 4.24. The third-order valence-corrected chi connectivity index (χ3v) is 2.57. The minimum absolute atomic E-state index is 0.0946. The molecular weight excluding hydrogens is 196 g/mol. The molecule has 1 rings (SSSR count). The first-order chi connectivity index (χ1) is 7.60. The number of hydrogen-bond acceptors (Lipinski definition) is 1. The van der Waals surface area contributed by atoms with Crippen molar-refractivity contribution in [2.45, 2.75) is 27.2 Å². The van der Waals surface area contributed by atoms with Crippen molar-refractivity contribution in [2.75, 3.05) is 0 Å². The average Bonchev–Trinajstić information content (AvgIpc) is 2.26. The highest BCUT2D eigenvalue weighted by molar-refractivity contribution is 5.95. The van der Waals surface area contributed by atoms with Crippen LogP contribution < -0.4 is 0 Å². The quantitative estimate of drug-likeness (QED) is 0.684. The lowest BCUT2D eigenvalue weighted by Gasteiger charge is -2.08. The van der Waals surface area contributed by atoms with Crippen LogP contribution in [0.2, 0.25) is 0 Å². The molecule has 0 atom stereocenters. The molecule has 0 fully saturated rings. The summed E-state index contributed by atoms with van der Waals surface area (Å²) in [4.78, 5) is 11.3. The molecule has 0 heterocycles. The number of hydrogen-bond donors (Lipinski definition) is 0. The molecule has 0 aliphatic heterocycles. The Morgan fingerprint density at radius 1 is 1.44 bits per heavy atom. The van der Waals surface area contributed by atoms with Gasteiger partial charge in [0.05, 0.1) is 0 Å². The molecule has 0 saturated carbocycles. The van der Waals surface area contributed by atoms with E-state index >= 15 is 0 Å². The number of Topliss-reactive ketones (excluding diaryl/α,β-unsaturated/α-hetero) is 1. The van der Waals surface area contributed by atoms with Crippen molar-refractivity contribution >= 4 is 17.9 Å². The number of carbonyl (C=O) groups is 1. The molecule has 1 aromatic rings. The second-order valence-corrected chi connectivity index (χ2v) is 3.87. The van der Waals surface area contributed by atoms with Crippen molar-refractivity contribution in [3.63, 3.8) is 0 Å². The summed E-state index contributed by atoms with van der Waals surface area (Å²) in [6.07, 6.45) is 7.01. The van der Waals surface area contributed by atoms with E-state index in [1.54, 1.807) is 13.0 Å². The molecule has 1 aromatic carbocycles. The number of benzene rings is 1. The highest BCUT2D eigenvalue weighted by Crippen LogP contribution is 2.20. The predicted octanol–water partition coefficient (Wildman–Crippen LogP) is 4.26. The van der Waals surface area contributed by atoms with Gasteiger partial charge < -0.3 is 0 Å². The van der Waals surface area contributed by atoms with E-state index in [2.05, 4.69) is 25.7 Å². The van der Waals surface area contributed by atoms with Crippen molar-refractivity contribution in [2.24, 2.45) is 0 Å². The zero-order chi connectivity index (χ0) is 12.1. The molecule has 16 heavy (non-hydrogen) atoms. The first-order valence-electron chi connectivity index (χ1n) is 5.54. The number of aryl methyl sites for hydroxylation is 1. The number of ketones is 1. The zero-order valence-electron chi connectivity index (χ0n) is 10.2. The summed E-state index contributed by atoms with van der Waals surface area (Å²) < 4.78 is 0. The number of carbonyl (C=O) groups excluding carboxylic acids is 1. The maximum Gasteiger partial charge on any atom is 0.159 e. The Morgan fingerprint density at radius 3 is 2.62 bits per heavy atom. The third kappa shape index (κ3) is 2.69. The number of allylic oxidation sites excluding steroid dienone is 1. The first-order valence-corrected chi connectivity index (χ1v) is 5.54. The smallest absolute Gasteiger partial charge is 0.159 e. The molecule has 0 unspecified atom stereocenters. The molecule has 0 amide bonds. The van der Waals surface area contributed by atoms with Crippen LogP contribution in [-0.2, 0) is 0 Å². The summed E-state index contributed by atoms with van der Waals surface area (Å²) in [5.41, 5.74) is 4.05. The van der Waals surface area contributed by atoms with Crippen LogP contribution in [0.3, 0.4) is 0 Å². The molecule has 0 N–H and O–H groups in total. The Hall–Kier alpha value is -1.63. The fraction of sp³-hybridized carbons (Fsp3) is 0.267. The topological polar surface area (TPSA) is 17.1 Å².